The summed E-state index contributed by atoms with van der Waals surface area (Å²) >= 11 is 0. The number of imidazole rings is 2. The molecule has 4 unspecified atom stereocenters. The maximum atomic E-state index is 15.8. The van der Waals surface area contributed by atoms with Crippen molar-refractivity contribution in [2.45, 2.75) is 76.9 Å². The number of fused-ring (bicyclic) bond motifs is 5. The zero-order valence-corrected chi connectivity index (χ0v) is 32.8. The lowest BCUT2D eigenvalue weighted by atomic mass is 9.88. The van der Waals surface area contributed by atoms with Gasteiger partial charge in [0, 0.05) is 53.7 Å². The van der Waals surface area contributed by atoms with E-state index in [4.69, 9.17) is 4.74 Å². The summed E-state index contributed by atoms with van der Waals surface area (Å²) in [6.07, 6.45) is 14.1. The van der Waals surface area contributed by atoms with E-state index in [1.165, 1.54) is 44.8 Å². The third-order valence-corrected chi connectivity index (χ3v) is 12.2. The Labute approximate surface area is 335 Å². The van der Waals surface area contributed by atoms with Crippen LogP contribution in [0.25, 0.3) is 33.6 Å². The van der Waals surface area contributed by atoms with Crippen molar-refractivity contribution in [1.82, 2.24) is 40.5 Å². The minimum absolute atomic E-state index is 0.0394. The summed E-state index contributed by atoms with van der Waals surface area (Å²) in [4.78, 5) is 57.9. The van der Waals surface area contributed by atoms with Crippen molar-refractivity contribution in [2.24, 2.45) is 23.7 Å². The van der Waals surface area contributed by atoms with Gasteiger partial charge >= 0.3 is 6.09 Å². The van der Waals surface area contributed by atoms with Crippen LogP contribution in [-0.2, 0) is 26.8 Å². The number of carbonyl (C=O) groups is 3. The molecule has 1 aliphatic heterocycles. The van der Waals surface area contributed by atoms with Crippen molar-refractivity contribution >= 4 is 17.9 Å². The second-order valence-electron chi connectivity index (χ2n) is 16.2. The molecule has 9 rings (SSSR count). The average molecular weight is 791 g/mol. The number of hydrogen-bond acceptors (Lipinski definition) is 7. The highest BCUT2D eigenvalue weighted by Crippen LogP contribution is 2.53. The normalized spacial score (nSPS) is 21.5. The summed E-state index contributed by atoms with van der Waals surface area (Å²) in [7, 11) is 1.26. The van der Waals surface area contributed by atoms with Crippen molar-refractivity contribution in [3.8, 4) is 33.6 Å². The Bertz CT molecular complexity index is 2280. The van der Waals surface area contributed by atoms with Crippen LogP contribution < -0.4 is 10.6 Å². The van der Waals surface area contributed by atoms with Gasteiger partial charge in [0.1, 0.15) is 11.9 Å². The third-order valence-electron chi connectivity index (χ3n) is 12.2. The molecular weight excluding hydrogens is 743 g/mol. The number of ether oxygens (including phenoxy) is 1. The molecule has 5 atom stereocenters. The second-order valence-corrected chi connectivity index (χ2v) is 16.2. The van der Waals surface area contributed by atoms with Crippen molar-refractivity contribution in [3.63, 3.8) is 0 Å². The Kier molecular flexibility index (Phi) is 10.8. The molecule has 4 N–H and O–H groups in total. The molecule has 4 heterocycles. The fourth-order valence-electron chi connectivity index (χ4n) is 9.21. The smallest absolute Gasteiger partial charge is 0.407 e. The van der Waals surface area contributed by atoms with Gasteiger partial charge in [-0.05, 0) is 84.7 Å². The van der Waals surface area contributed by atoms with E-state index >= 15 is 8.78 Å². The summed E-state index contributed by atoms with van der Waals surface area (Å²) < 4.78 is 36.2. The molecule has 2 bridgehead atoms. The van der Waals surface area contributed by atoms with Crippen molar-refractivity contribution in [2.75, 3.05) is 13.7 Å². The first-order valence-electron chi connectivity index (χ1n) is 20.0. The Hall–Kier alpha value is -5.92. The highest BCUT2D eigenvalue weighted by molar-refractivity contribution is 5.87. The fraction of sp³-hybridized carbons (Fsp3) is 0.409. The van der Waals surface area contributed by atoms with Crippen molar-refractivity contribution < 1.29 is 27.9 Å². The Balaban J connectivity index is 0.000000229. The molecule has 58 heavy (non-hydrogen) atoms. The molecule has 0 spiro atoms. The van der Waals surface area contributed by atoms with Crippen LogP contribution in [0.5, 0.6) is 0 Å². The van der Waals surface area contributed by atoms with E-state index < -0.39 is 18.1 Å². The summed E-state index contributed by atoms with van der Waals surface area (Å²) in [6, 6.07) is 12.9. The lowest BCUT2D eigenvalue weighted by Gasteiger charge is -2.30. The predicted molar refractivity (Wildman–Crippen MR) is 213 cm³/mol. The van der Waals surface area contributed by atoms with Crippen LogP contribution in [-0.4, -0.2) is 67.4 Å². The van der Waals surface area contributed by atoms with Crippen LogP contribution in [0, 0.1) is 23.7 Å². The minimum Gasteiger partial charge on any atom is -0.453 e. The van der Waals surface area contributed by atoms with Crippen molar-refractivity contribution in [3.05, 3.63) is 102 Å². The van der Waals surface area contributed by atoms with Crippen LogP contribution in [0.2, 0.25) is 0 Å². The van der Waals surface area contributed by atoms with Crippen LogP contribution in [0.1, 0.15) is 80.9 Å². The first kappa shape index (κ1) is 38.9. The fourth-order valence-corrected chi connectivity index (χ4v) is 9.21. The number of halogens is 2. The topological polar surface area (TPSA) is 158 Å². The second kappa shape index (κ2) is 16.1. The maximum absolute atomic E-state index is 15.8. The lowest BCUT2D eigenvalue weighted by Crippen LogP contribution is -2.51. The van der Waals surface area contributed by atoms with Crippen LogP contribution >= 0.6 is 0 Å². The number of likely N-dealkylation sites (tertiary alicyclic amines) is 1. The van der Waals surface area contributed by atoms with Crippen molar-refractivity contribution in [1.29, 1.82) is 0 Å². The highest BCUT2D eigenvalue weighted by Gasteiger charge is 2.45. The van der Waals surface area contributed by atoms with Gasteiger partial charge in [0.2, 0.25) is 11.8 Å². The zero-order valence-electron chi connectivity index (χ0n) is 32.8. The molecule has 3 amide bonds. The number of aromatic amines is 2. The van der Waals surface area contributed by atoms with Gasteiger partial charge in [-0.15, -0.1) is 0 Å². The molecule has 12 nitrogen and oxygen atoms in total. The first-order chi connectivity index (χ1) is 28.0. The first-order valence-corrected chi connectivity index (χ1v) is 20.0. The number of nitrogens with zero attached hydrogens (tertiary/aromatic N) is 4. The minimum atomic E-state index is -3.17. The number of nitrogens with one attached hydrogen (secondary N) is 4. The molecule has 5 aromatic rings. The molecule has 3 aliphatic carbocycles. The largest absolute Gasteiger partial charge is 0.453 e. The monoisotopic (exact) mass is 790 g/mol. The highest BCUT2D eigenvalue weighted by atomic mass is 19.3. The number of carbonyl (C=O) groups excluding carboxylic acids is 3. The molecule has 3 aromatic heterocycles. The maximum Gasteiger partial charge on any atom is 0.407 e. The van der Waals surface area contributed by atoms with E-state index in [9.17, 15) is 14.4 Å². The predicted octanol–water partition coefficient (Wildman–Crippen LogP) is 7.77. The molecule has 302 valence electrons. The van der Waals surface area contributed by atoms with Gasteiger partial charge in [-0.2, -0.15) is 8.78 Å². The number of pyridine rings is 1. The molecule has 2 saturated carbocycles. The number of alkyl carbamates (subject to hydrolysis) is 1. The van der Waals surface area contributed by atoms with Crippen LogP contribution in [0.3, 0.4) is 0 Å². The number of methoxy groups -OCH3 is 1. The number of hydrogen-bond donors (Lipinski definition) is 4. The van der Waals surface area contributed by atoms with Gasteiger partial charge in [-0.1, -0.05) is 50.6 Å². The average Bonchev–Trinajstić information content (AvgIpc) is 4.11. The molecule has 2 aromatic carbocycles. The number of aromatic nitrogens is 5. The molecule has 14 heteroatoms. The molecule has 4 aliphatic rings. The zero-order chi connectivity index (χ0) is 40.6. The number of benzene rings is 2. The standard InChI is InChI=1S/C30H30F2N6O3.C14H18N2O/c1-16(2)26(37-29(40)41-3)28(39)38-10-4-5-25(38)27-34-14-24(36-27)18-7-9-20-19-8-6-17(23-13-33-15-35-23)11-21(19)30(31,32)22(20)12-18;17-14(13-7-10-3-4-12(13)6-10)16-9-11-2-1-5-15-8-11/h6-9,11-16,25-26H,4-5,10H2,1-3H3,(H,33,35)(H,34,36)(H,37,40);1-2,5,8,10,12-13H,3-4,6-7,9H2,(H,16,17)/t;10?,12?,13-/m.0/s1. The molecule has 0 radical (unpaired) electrons. The van der Waals surface area contributed by atoms with Gasteiger partial charge in [-0.3, -0.25) is 14.6 Å². The summed E-state index contributed by atoms with van der Waals surface area (Å²) in [5.74, 6) is -0.939. The summed E-state index contributed by atoms with van der Waals surface area (Å²) in [6.45, 7) is 4.85. The quantitative estimate of drug-likeness (QED) is 0.119. The van der Waals surface area contributed by atoms with E-state index in [0.29, 0.717) is 64.9 Å². The summed E-state index contributed by atoms with van der Waals surface area (Å²) in [5, 5.41) is 5.68. The molecular formula is C44H48F2N8O4. The summed E-state index contributed by atoms with van der Waals surface area (Å²) in [5.41, 5.74) is 4.45. The Morgan fingerprint density at radius 1 is 0.948 bits per heavy atom. The Morgan fingerprint density at radius 3 is 2.33 bits per heavy atom. The number of alkyl halides is 2. The number of rotatable bonds is 9. The van der Waals surface area contributed by atoms with Crippen LogP contribution in [0.4, 0.5) is 13.6 Å². The van der Waals surface area contributed by atoms with Crippen LogP contribution in [0.15, 0.2) is 79.6 Å². The third kappa shape index (κ3) is 7.59. The Morgan fingerprint density at radius 2 is 1.71 bits per heavy atom. The SMILES string of the molecule is COC(=O)NC(C(=O)N1CCCC1c1ncc(-c2ccc3c(c2)C(F)(F)c2cc(-c4cnc[nH]4)ccc2-3)[nH]1)C(C)C.O=C(NCc1cccnc1)[C@H]1CC2CCC1C2. The van der Waals surface area contributed by atoms with Gasteiger partial charge in [0.25, 0.3) is 5.92 Å². The van der Waals surface area contributed by atoms with E-state index in [1.807, 2.05) is 32.0 Å². The van der Waals surface area contributed by atoms with Gasteiger partial charge in [-0.25, -0.2) is 14.8 Å². The number of amides is 3. The van der Waals surface area contributed by atoms with E-state index in [-0.39, 0.29) is 40.8 Å². The van der Waals surface area contributed by atoms with Gasteiger partial charge in [0.15, 0.2) is 0 Å². The molecule has 3 fully saturated rings. The van der Waals surface area contributed by atoms with Gasteiger partial charge in [0.05, 0.1) is 43.3 Å². The van der Waals surface area contributed by atoms with E-state index in [2.05, 4.69) is 35.6 Å². The lowest BCUT2D eigenvalue weighted by molar-refractivity contribution is -0.135. The van der Waals surface area contributed by atoms with E-state index in [1.54, 1.807) is 47.9 Å². The van der Waals surface area contributed by atoms with Gasteiger partial charge < -0.3 is 30.2 Å². The van der Waals surface area contributed by atoms with E-state index in [0.717, 1.165) is 24.3 Å². The number of H-pyrrole nitrogens is 2. The molecule has 1 saturated heterocycles.